The van der Waals surface area contributed by atoms with Gasteiger partial charge in [-0.15, -0.1) is 0 Å². The number of fused-ring (bicyclic) bond motifs is 1. The number of rotatable bonds is 7. The summed E-state index contributed by atoms with van der Waals surface area (Å²) in [6.45, 7) is 0.174. The van der Waals surface area contributed by atoms with Gasteiger partial charge >= 0.3 is 0 Å². The molecule has 2 aromatic rings. The highest BCUT2D eigenvalue weighted by Crippen LogP contribution is 2.26. The lowest BCUT2D eigenvalue weighted by Crippen LogP contribution is -2.49. The number of halogens is 2. The highest BCUT2D eigenvalue weighted by molar-refractivity contribution is 7.98. The van der Waals surface area contributed by atoms with Gasteiger partial charge in [0.25, 0.3) is 11.8 Å². The smallest absolute Gasteiger partial charge is 0.262 e. The highest BCUT2D eigenvalue weighted by atomic mass is 35.5. The zero-order valence-electron chi connectivity index (χ0n) is 15.1. The molecule has 146 valence electrons. The molecule has 0 saturated heterocycles. The molecule has 0 saturated carbocycles. The molecule has 1 aliphatic heterocycles. The average Bonchev–Trinajstić information content (AvgIpc) is 2.93. The van der Waals surface area contributed by atoms with Crippen LogP contribution in [-0.4, -0.2) is 40.7 Å². The number of amides is 3. The van der Waals surface area contributed by atoms with Crippen LogP contribution in [0.15, 0.2) is 42.5 Å². The van der Waals surface area contributed by atoms with Crippen LogP contribution in [0.2, 0.25) is 10.0 Å². The van der Waals surface area contributed by atoms with E-state index in [9.17, 15) is 14.4 Å². The van der Waals surface area contributed by atoms with Crippen LogP contribution in [0.4, 0.5) is 0 Å². The molecule has 1 N–H and O–H groups in total. The summed E-state index contributed by atoms with van der Waals surface area (Å²) < 4.78 is 0. The van der Waals surface area contributed by atoms with Crippen LogP contribution < -0.4 is 5.32 Å². The molecule has 1 unspecified atom stereocenters. The maximum Gasteiger partial charge on any atom is 0.262 e. The molecule has 0 radical (unpaired) electrons. The molecule has 1 atom stereocenters. The number of carbonyl (C=O) groups excluding carboxylic acids is 3. The van der Waals surface area contributed by atoms with Gasteiger partial charge in [-0.05, 0) is 48.3 Å². The topological polar surface area (TPSA) is 66.5 Å². The summed E-state index contributed by atoms with van der Waals surface area (Å²) in [5.74, 6) is -0.639. The normalized spacial score (nSPS) is 14.2. The summed E-state index contributed by atoms with van der Waals surface area (Å²) in [4.78, 5) is 39.5. The molecule has 0 fully saturated rings. The Balaban J connectivity index is 1.79. The largest absolute Gasteiger partial charge is 0.350 e. The zero-order chi connectivity index (χ0) is 20.3. The van der Waals surface area contributed by atoms with E-state index in [1.807, 2.05) is 6.26 Å². The summed E-state index contributed by atoms with van der Waals surface area (Å²) in [5.41, 5.74) is 1.36. The molecule has 0 spiro atoms. The van der Waals surface area contributed by atoms with Crippen molar-refractivity contribution < 1.29 is 14.4 Å². The van der Waals surface area contributed by atoms with Gasteiger partial charge in [0.05, 0.1) is 11.1 Å². The Morgan fingerprint density at radius 1 is 1.11 bits per heavy atom. The summed E-state index contributed by atoms with van der Waals surface area (Å²) in [6.07, 6.45) is 2.28. The molecule has 1 aliphatic rings. The number of hydrogen-bond donors (Lipinski definition) is 1. The molecule has 0 aromatic heterocycles. The molecule has 0 bridgehead atoms. The van der Waals surface area contributed by atoms with Crippen LogP contribution in [0.3, 0.4) is 0 Å². The van der Waals surface area contributed by atoms with E-state index in [1.54, 1.807) is 54.2 Å². The van der Waals surface area contributed by atoms with Crippen molar-refractivity contribution in [2.24, 2.45) is 0 Å². The molecule has 3 rings (SSSR count). The van der Waals surface area contributed by atoms with Crippen LogP contribution in [0.5, 0.6) is 0 Å². The number of imide groups is 1. The van der Waals surface area contributed by atoms with Gasteiger partial charge in [-0.3, -0.25) is 19.3 Å². The standard InChI is InChI=1S/C20H18Cl2N2O3S/c1-28-9-8-17(18(25)23-11-12-6-7-13(21)10-16(12)22)24-19(26)14-4-2-3-5-15(14)20(24)27/h2-7,10,17H,8-9,11H2,1H3,(H,23,25). The van der Waals surface area contributed by atoms with Crippen LogP contribution in [0.25, 0.3) is 0 Å². The second kappa shape index (κ2) is 8.99. The first kappa shape index (κ1) is 20.7. The Morgan fingerprint density at radius 2 is 1.75 bits per heavy atom. The van der Waals surface area contributed by atoms with E-state index < -0.39 is 23.8 Å². The van der Waals surface area contributed by atoms with Crippen LogP contribution in [0.1, 0.15) is 32.7 Å². The van der Waals surface area contributed by atoms with Gasteiger partial charge in [-0.25, -0.2) is 0 Å². The minimum atomic E-state index is -0.883. The third-order valence-electron chi connectivity index (χ3n) is 4.50. The molecule has 8 heteroatoms. The van der Waals surface area contributed by atoms with E-state index in [0.29, 0.717) is 38.9 Å². The predicted octanol–water partition coefficient (Wildman–Crippen LogP) is 4.03. The molecule has 1 heterocycles. The number of thioether (sulfide) groups is 1. The monoisotopic (exact) mass is 436 g/mol. The number of nitrogens with one attached hydrogen (secondary N) is 1. The van der Waals surface area contributed by atoms with Crippen molar-refractivity contribution in [1.29, 1.82) is 0 Å². The minimum Gasteiger partial charge on any atom is -0.350 e. The molecular formula is C20H18Cl2N2O3S. The predicted molar refractivity (Wildman–Crippen MR) is 112 cm³/mol. The average molecular weight is 437 g/mol. The molecule has 5 nitrogen and oxygen atoms in total. The van der Waals surface area contributed by atoms with Gasteiger partial charge in [0.2, 0.25) is 5.91 Å². The van der Waals surface area contributed by atoms with Crippen LogP contribution in [-0.2, 0) is 11.3 Å². The van der Waals surface area contributed by atoms with Gasteiger partial charge in [-0.2, -0.15) is 11.8 Å². The van der Waals surface area contributed by atoms with Gasteiger partial charge in [-0.1, -0.05) is 41.4 Å². The quantitative estimate of drug-likeness (QED) is 0.665. The maximum absolute atomic E-state index is 12.9. The third kappa shape index (κ3) is 4.19. The second-order valence-corrected chi connectivity index (χ2v) is 8.11. The lowest BCUT2D eigenvalue weighted by molar-refractivity contribution is -0.125. The first-order chi connectivity index (χ1) is 13.4. The van der Waals surface area contributed by atoms with Crippen LogP contribution >= 0.6 is 35.0 Å². The molecule has 28 heavy (non-hydrogen) atoms. The SMILES string of the molecule is CSCCC(C(=O)NCc1ccc(Cl)cc1Cl)N1C(=O)c2ccccc2C1=O. The number of hydrogen-bond acceptors (Lipinski definition) is 4. The van der Waals surface area contributed by atoms with Crippen molar-refractivity contribution in [3.8, 4) is 0 Å². The van der Waals surface area contributed by atoms with E-state index in [2.05, 4.69) is 5.32 Å². The fraction of sp³-hybridized carbons (Fsp3) is 0.250. The minimum absolute atomic E-state index is 0.174. The van der Waals surface area contributed by atoms with Crippen molar-refractivity contribution >= 4 is 52.7 Å². The number of carbonyl (C=O) groups is 3. The van der Waals surface area contributed by atoms with E-state index in [0.717, 1.165) is 4.90 Å². The lowest BCUT2D eigenvalue weighted by atomic mass is 10.1. The summed E-state index contributed by atoms with van der Waals surface area (Å²) in [6, 6.07) is 10.7. The summed E-state index contributed by atoms with van der Waals surface area (Å²) >= 11 is 13.6. The maximum atomic E-state index is 12.9. The second-order valence-electron chi connectivity index (χ2n) is 6.28. The Bertz CT molecular complexity index is 900. The van der Waals surface area contributed by atoms with Crippen molar-refractivity contribution in [1.82, 2.24) is 10.2 Å². The summed E-state index contributed by atoms with van der Waals surface area (Å²) in [7, 11) is 0. The Morgan fingerprint density at radius 3 is 2.32 bits per heavy atom. The van der Waals surface area contributed by atoms with E-state index in [1.165, 1.54) is 0 Å². The molecule has 0 aliphatic carbocycles. The summed E-state index contributed by atoms with van der Waals surface area (Å²) in [5, 5.41) is 3.73. The van der Waals surface area contributed by atoms with Crippen molar-refractivity contribution in [3.63, 3.8) is 0 Å². The molecule has 2 aromatic carbocycles. The number of benzene rings is 2. The van der Waals surface area contributed by atoms with Gasteiger partial charge in [0.15, 0.2) is 0 Å². The zero-order valence-corrected chi connectivity index (χ0v) is 17.4. The number of nitrogens with zero attached hydrogens (tertiary/aromatic N) is 1. The molecular weight excluding hydrogens is 419 g/mol. The Hall–Kier alpha value is -2.02. The fourth-order valence-electron chi connectivity index (χ4n) is 3.06. The van der Waals surface area contributed by atoms with E-state index in [4.69, 9.17) is 23.2 Å². The van der Waals surface area contributed by atoms with Gasteiger partial charge in [0, 0.05) is 16.6 Å². The third-order valence-corrected chi connectivity index (χ3v) is 5.73. The Labute approximate surface area is 177 Å². The van der Waals surface area contributed by atoms with Crippen LogP contribution in [0, 0.1) is 0 Å². The van der Waals surface area contributed by atoms with Crippen molar-refractivity contribution in [2.45, 2.75) is 19.0 Å². The lowest BCUT2D eigenvalue weighted by Gasteiger charge is -2.25. The van der Waals surface area contributed by atoms with Crippen molar-refractivity contribution in [3.05, 3.63) is 69.2 Å². The fourth-order valence-corrected chi connectivity index (χ4v) is 4.00. The van der Waals surface area contributed by atoms with Gasteiger partial charge < -0.3 is 5.32 Å². The molecule has 3 amide bonds. The first-order valence-corrected chi connectivity index (χ1v) is 10.8. The first-order valence-electron chi connectivity index (χ1n) is 8.61. The van der Waals surface area contributed by atoms with E-state index in [-0.39, 0.29) is 6.54 Å². The highest BCUT2D eigenvalue weighted by Gasteiger charge is 2.42. The van der Waals surface area contributed by atoms with Gasteiger partial charge in [0.1, 0.15) is 6.04 Å². The Kier molecular flexibility index (Phi) is 6.65. The van der Waals surface area contributed by atoms with E-state index >= 15 is 0 Å². The van der Waals surface area contributed by atoms with Crippen molar-refractivity contribution in [2.75, 3.05) is 12.0 Å².